The van der Waals surface area contributed by atoms with Crippen molar-refractivity contribution in [2.24, 2.45) is 0 Å². The highest BCUT2D eigenvalue weighted by molar-refractivity contribution is 9.11. The molecule has 4 nitrogen and oxygen atoms in total. The second-order valence-electron chi connectivity index (χ2n) is 3.63. The molecule has 0 amide bonds. The molecule has 7 heteroatoms. The normalized spacial score (nSPS) is 17.5. The van der Waals surface area contributed by atoms with Crippen LogP contribution in [0.3, 0.4) is 0 Å². The van der Waals surface area contributed by atoms with E-state index in [0.717, 1.165) is 6.42 Å². The zero-order valence-electron chi connectivity index (χ0n) is 8.97. The molecular formula is C10H12BrNO3S2. The number of halogens is 1. The molecule has 94 valence electrons. The number of thiophene rings is 1. The summed E-state index contributed by atoms with van der Waals surface area (Å²) in [5.74, 6) is 0. The summed E-state index contributed by atoms with van der Waals surface area (Å²) >= 11 is 4.49. The van der Waals surface area contributed by atoms with E-state index >= 15 is 0 Å². The van der Waals surface area contributed by atoms with Gasteiger partial charge in [0.05, 0.1) is 10.4 Å². The maximum atomic E-state index is 12.3. The standard InChI is InChI=1S/C10H12BrNO3S2/c11-10-9(6-8(7-13)16-10)17(14,15)12-4-2-1-3-5-12/h1-2,6,13H,3-5,7H2. The Balaban J connectivity index is 2.36. The van der Waals surface area contributed by atoms with Crippen molar-refractivity contribution < 1.29 is 13.5 Å². The molecule has 0 fully saturated rings. The van der Waals surface area contributed by atoms with Crippen molar-refractivity contribution in [3.05, 3.63) is 26.9 Å². The first-order valence-corrected chi connectivity index (χ1v) is 8.15. The first-order chi connectivity index (χ1) is 8.05. The van der Waals surface area contributed by atoms with Crippen LogP contribution in [-0.4, -0.2) is 30.9 Å². The van der Waals surface area contributed by atoms with E-state index in [4.69, 9.17) is 5.11 Å². The summed E-state index contributed by atoms with van der Waals surface area (Å²) in [7, 11) is -3.45. The van der Waals surface area contributed by atoms with Crippen LogP contribution in [0.4, 0.5) is 0 Å². The molecule has 0 saturated heterocycles. The number of sulfonamides is 1. The Labute approximate surface area is 113 Å². The van der Waals surface area contributed by atoms with Gasteiger partial charge in [-0.1, -0.05) is 12.2 Å². The van der Waals surface area contributed by atoms with Gasteiger partial charge in [-0.2, -0.15) is 4.31 Å². The van der Waals surface area contributed by atoms with E-state index < -0.39 is 10.0 Å². The molecule has 2 heterocycles. The minimum atomic E-state index is -3.45. The van der Waals surface area contributed by atoms with Gasteiger partial charge in [0.25, 0.3) is 0 Å². The summed E-state index contributed by atoms with van der Waals surface area (Å²) in [6.07, 6.45) is 4.58. The summed E-state index contributed by atoms with van der Waals surface area (Å²) in [5, 5.41) is 9.02. The molecule has 1 aliphatic heterocycles. The lowest BCUT2D eigenvalue weighted by Crippen LogP contribution is -2.33. The van der Waals surface area contributed by atoms with Crippen LogP contribution in [0.25, 0.3) is 0 Å². The number of nitrogens with zero attached hydrogens (tertiary/aromatic N) is 1. The molecule has 2 rings (SSSR count). The van der Waals surface area contributed by atoms with Crippen molar-refractivity contribution >= 4 is 37.3 Å². The first-order valence-electron chi connectivity index (χ1n) is 5.10. The molecule has 1 aromatic heterocycles. The topological polar surface area (TPSA) is 57.6 Å². The third kappa shape index (κ3) is 2.63. The lowest BCUT2D eigenvalue weighted by atomic mass is 10.3. The van der Waals surface area contributed by atoms with Gasteiger partial charge < -0.3 is 5.11 Å². The van der Waals surface area contributed by atoms with E-state index in [-0.39, 0.29) is 11.5 Å². The van der Waals surface area contributed by atoms with Crippen LogP contribution >= 0.6 is 27.3 Å². The molecular weight excluding hydrogens is 326 g/mol. The van der Waals surface area contributed by atoms with Gasteiger partial charge >= 0.3 is 0 Å². The third-order valence-corrected chi connectivity index (χ3v) is 6.60. The van der Waals surface area contributed by atoms with Crippen molar-refractivity contribution in [2.45, 2.75) is 17.9 Å². The zero-order valence-corrected chi connectivity index (χ0v) is 12.2. The minimum absolute atomic E-state index is 0.140. The van der Waals surface area contributed by atoms with Gasteiger partial charge in [-0.05, 0) is 28.4 Å². The van der Waals surface area contributed by atoms with E-state index in [0.29, 0.717) is 21.8 Å². The van der Waals surface area contributed by atoms with Gasteiger partial charge in [0.2, 0.25) is 10.0 Å². The van der Waals surface area contributed by atoms with Crippen LogP contribution in [0, 0.1) is 0 Å². The van der Waals surface area contributed by atoms with Crippen molar-refractivity contribution in [1.29, 1.82) is 0 Å². The van der Waals surface area contributed by atoms with Crippen LogP contribution in [0.15, 0.2) is 26.9 Å². The largest absolute Gasteiger partial charge is 0.391 e. The van der Waals surface area contributed by atoms with E-state index in [1.165, 1.54) is 21.7 Å². The average molecular weight is 338 g/mol. The molecule has 0 unspecified atom stereocenters. The summed E-state index contributed by atoms with van der Waals surface area (Å²) in [6.45, 7) is 0.785. The molecule has 0 bridgehead atoms. The maximum Gasteiger partial charge on any atom is 0.245 e. The SMILES string of the molecule is O=S(=O)(c1cc(CO)sc1Br)N1CC=CCC1. The Hall–Kier alpha value is -0.210. The molecule has 0 aliphatic carbocycles. The average Bonchev–Trinajstić information content (AvgIpc) is 2.72. The third-order valence-electron chi connectivity index (χ3n) is 2.50. The highest BCUT2D eigenvalue weighted by Crippen LogP contribution is 2.33. The number of rotatable bonds is 3. The van der Waals surface area contributed by atoms with Gasteiger partial charge in [-0.25, -0.2) is 8.42 Å². The van der Waals surface area contributed by atoms with E-state index in [9.17, 15) is 8.42 Å². The van der Waals surface area contributed by atoms with Crippen LogP contribution in [0.2, 0.25) is 0 Å². The van der Waals surface area contributed by atoms with Gasteiger partial charge in [-0.15, -0.1) is 11.3 Å². The van der Waals surface area contributed by atoms with Crippen molar-refractivity contribution in [1.82, 2.24) is 4.31 Å². The highest BCUT2D eigenvalue weighted by Gasteiger charge is 2.28. The fourth-order valence-electron chi connectivity index (χ4n) is 1.63. The predicted octanol–water partition coefficient (Wildman–Crippen LogP) is 1.95. The number of aliphatic hydroxyl groups excluding tert-OH is 1. The lowest BCUT2D eigenvalue weighted by molar-refractivity contribution is 0.285. The summed E-state index contributed by atoms with van der Waals surface area (Å²) < 4.78 is 26.6. The number of hydrogen-bond acceptors (Lipinski definition) is 4. The summed E-state index contributed by atoms with van der Waals surface area (Å²) in [6, 6.07) is 1.53. The van der Waals surface area contributed by atoms with Crippen molar-refractivity contribution in [3.8, 4) is 0 Å². The van der Waals surface area contributed by atoms with Gasteiger partial charge in [0, 0.05) is 18.0 Å². The Morgan fingerprint density at radius 1 is 1.47 bits per heavy atom. The van der Waals surface area contributed by atoms with E-state index in [1.54, 1.807) is 0 Å². The fourth-order valence-corrected chi connectivity index (χ4v) is 5.53. The van der Waals surface area contributed by atoms with Crippen LogP contribution in [0.5, 0.6) is 0 Å². The Morgan fingerprint density at radius 2 is 2.24 bits per heavy atom. The van der Waals surface area contributed by atoms with Gasteiger partial charge in [0.1, 0.15) is 4.90 Å². The Bertz CT molecular complexity index is 536. The Morgan fingerprint density at radius 3 is 2.76 bits per heavy atom. The van der Waals surface area contributed by atoms with Crippen molar-refractivity contribution in [2.75, 3.05) is 13.1 Å². The quantitative estimate of drug-likeness (QED) is 0.857. The van der Waals surface area contributed by atoms with Gasteiger partial charge in [0.15, 0.2) is 0 Å². The number of hydrogen-bond donors (Lipinski definition) is 1. The maximum absolute atomic E-state index is 12.3. The number of aliphatic hydroxyl groups is 1. The molecule has 0 spiro atoms. The second kappa shape index (κ2) is 5.19. The van der Waals surface area contributed by atoms with E-state index in [1.807, 2.05) is 12.2 Å². The molecule has 0 aromatic carbocycles. The Kier molecular flexibility index (Phi) is 4.04. The van der Waals surface area contributed by atoms with Crippen LogP contribution in [0.1, 0.15) is 11.3 Å². The molecule has 1 aromatic rings. The smallest absolute Gasteiger partial charge is 0.245 e. The lowest BCUT2D eigenvalue weighted by Gasteiger charge is -2.22. The fraction of sp³-hybridized carbons (Fsp3) is 0.400. The molecule has 0 atom stereocenters. The molecule has 0 radical (unpaired) electrons. The second-order valence-corrected chi connectivity index (χ2v) is 7.99. The molecule has 1 N–H and O–H groups in total. The summed E-state index contributed by atoms with van der Waals surface area (Å²) in [4.78, 5) is 0.893. The van der Waals surface area contributed by atoms with Crippen LogP contribution in [-0.2, 0) is 16.6 Å². The zero-order chi connectivity index (χ0) is 12.5. The monoisotopic (exact) mass is 337 g/mol. The highest BCUT2D eigenvalue weighted by atomic mass is 79.9. The first kappa shape index (κ1) is 13.2. The van der Waals surface area contributed by atoms with Crippen LogP contribution < -0.4 is 0 Å². The molecule has 1 aliphatic rings. The minimum Gasteiger partial charge on any atom is -0.391 e. The molecule has 17 heavy (non-hydrogen) atoms. The summed E-state index contributed by atoms with van der Waals surface area (Å²) in [5.41, 5.74) is 0. The predicted molar refractivity (Wildman–Crippen MR) is 70.5 cm³/mol. The van der Waals surface area contributed by atoms with E-state index in [2.05, 4.69) is 15.9 Å². The van der Waals surface area contributed by atoms with Gasteiger partial charge in [-0.3, -0.25) is 0 Å². The molecule has 0 saturated carbocycles. The van der Waals surface area contributed by atoms with Crippen molar-refractivity contribution in [3.63, 3.8) is 0 Å².